The number of carbonyl (C=O) groups is 1. The van der Waals surface area contributed by atoms with Crippen molar-refractivity contribution in [1.29, 1.82) is 0 Å². The number of aliphatic carboxylic acids is 1. The molecular weight excluding hydrogens is 234 g/mol. The maximum absolute atomic E-state index is 10.8. The average molecular weight is 251 g/mol. The summed E-state index contributed by atoms with van der Waals surface area (Å²) in [5, 5.41) is 8.84. The van der Waals surface area contributed by atoms with Crippen molar-refractivity contribution in [2.75, 3.05) is 13.7 Å². The highest BCUT2D eigenvalue weighted by Gasteiger charge is 2.31. The first kappa shape index (κ1) is 12.7. The van der Waals surface area contributed by atoms with Crippen LogP contribution < -0.4 is 15.2 Å². The number of hydrogen-bond donors (Lipinski definition) is 2. The number of nitrogens with two attached hydrogens (primary N) is 1. The Morgan fingerprint density at radius 1 is 1.67 bits per heavy atom. The average Bonchev–Trinajstić information content (AvgIpc) is 2.77. The van der Waals surface area contributed by atoms with E-state index >= 15 is 0 Å². The Morgan fingerprint density at radius 3 is 3.06 bits per heavy atom. The van der Waals surface area contributed by atoms with E-state index in [9.17, 15) is 4.79 Å². The molecule has 0 aliphatic carbocycles. The molecule has 1 aliphatic heterocycles. The van der Waals surface area contributed by atoms with E-state index in [4.69, 9.17) is 20.3 Å². The number of carboxylic acid groups (broad SMARTS) is 1. The molecular formula is C13H17NO4. The molecule has 0 bridgehead atoms. The number of benzene rings is 1. The third-order valence-electron chi connectivity index (χ3n) is 3.23. The van der Waals surface area contributed by atoms with Crippen LogP contribution in [0.5, 0.6) is 11.5 Å². The molecule has 1 aliphatic rings. The largest absolute Gasteiger partial charge is 0.497 e. The monoisotopic (exact) mass is 251 g/mol. The fraction of sp³-hybridized carbons (Fsp3) is 0.462. The third kappa shape index (κ3) is 2.56. The van der Waals surface area contributed by atoms with Crippen molar-refractivity contribution < 1.29 is 19.4 Å². The van der Waals surface area contributed by atoms with Gasteiger partial charge in [-0.25, -0.2) is 0 Å². The molecule has 18 heavy (non-hydrogen) atoms. The summed E-state index contributed by atoms with van der Waals surface area (Å²) in [4.78, 5) is 10.8. The minimum Gasteiger partial charge on any atom is -0.497 e. The molecule has 0 fully saturated rings. The maximum atomic E-state index is 10.8. The highest BCUT2D eigenvalue weighted by atomic mass is 16.5. The van der Waals surface area contributed by atoms with Crippen LogP contribution in [-0.2, 0) is 11.2 Å². The number of hydrogen-bond acceptors (Lipinski definition) is 4. The molecule has 0 amide bonds. The Bertz CT molecular complexity index is 447. The van der Waals surface area contributed by atoms with Crippen LogP contribution in [0.4, 0.5) is 0 Å². The van der Waals surface area contributed by atoms with E-state index < -0.39 is 5.97 Å². The fourth-order valence-corrected chi connectivity index (χ4v) is 2.23. The molecule has 5 nitrogen and oxygen atoms in total. The SMILES string of the molecule is COc1ccc2c(c1)CC(C(CN)CC(=O)O)O2. The van der Waals surface area contributed by atoms with Gasteiger partial charge in [0.1, 0.15) is 17.6 Å². The molecule has 2 unspecified atom stereocenters. The smallest absolute Gasteiger partial charge is 0.303 e. The van der Waals surface area contributed by atoms with Crippen LogP contribution >= 0.6 is 0 Å². The van der Waals surface area contributed by atoms with Gasteiger partial charge in [-0.15, -0.1) is 0 Å². The van der Waals surface area contributed by atoms with Crippen molar-refractivity contribution >= 4 is 5.97 Å². The number of ether oxygens (including phenoxy) is 2. The number of methoxy groups -OCH3 is 1. The van der Waals surface area contributed by atoms with Crippen LogP contribution in [0.2, 0.25) is 0 Å². The molecule has 0 saturated heterocycles. The van der Waals surface area contributed by atoms with Gasteiger partial charge in [0.25, 0.3) is 0 Å². The lowest BCUT2D eigenvalue weighted by Gasteiger charge is -2.19. The minimum atomic E-state index is -0.845. The summed E-state index contributed by atoms with van der Waals surface area (Å²) >= 11 is 0. The van der Waals surface area contributed by atoms with Gasteiger partial charge in [0.2, 0.25) is 0 Å². The van der Waals surface area contributed by atoms with Crippen molar-refractivity contribution in [3.8, 4) is 11.5 Å². The second-order valence-electron chi connectivity index (χ2n) is 4.43. The van der Waals surface area contributed by atoms with E-state index in [1.165, 1.54) is 0 Å². The first-order valence-corrected chi connectivity index (χ1v) is 5.89. The lowest BCUT2D eigenvalue weighted by Crippen LogP contribution is -2.33. The van der Waals surface area contributed by atoms with Crippen molar-refractivity contribution in [2.45, 2.75) is 18.9 Å². The van der Waals surface area contributed by atoms with E-state index in [1.807, 2.05) is 18.2 Å². The van der Waals surface area contributed by atoms with Crippen molar-refractivity contribution in [2.24, 2.45) is 11.7 Å². The lowest BCUT2D eigenvalue weighted by atomic mass is 9.95. The standard InChI is InChI=1S/C13H17NO4/c1-17-10-2-3-11-8(4-10)5-12(18-11)9(7-14)6-13(15)16/h2-4,9,12H,5-7,14H2,1H3,(H,15,16). The highest BCUT2D eigenvalue weighted by Crippen LogP contribution is 2.34. The van der Waals surface area contributed by atoms with Crippen LogP contribution in [0.3, 0.4) is 0 Å². The van der Waals surface area contributed by atoms with E-state index in [2.05, 4.69) is 0 Å². The Kier molecular flexibility index (Phi) is 3.72. The summed E-state index contributed by atoms with van der Waals surface area (Å²) < 4.78 is 10.9. The molecule has 1 heterocycles. The summed E-state index contributed by atoms with van der Waals surface area (Å²) in [5.74, 6) is 0.564. The second-order valence-corrected chi connectivity index (χ2v) is 4.43. The van der Waals surface area contributed by atoms with E-state index in [0.717, 1.165) is 17.1 Å². The number of rotatable bonds is 5. The van der Waals surface area contributed by atoms with Crippen LogP contribution in [0, 0.1) is 5.92 Å². The lowest BCUT2D eigenvalue weighted by molar-refractivity contribution is -0.138. The van der Waals surface area contributed by atoms with Gasteiger partial charge in [-0.1, -0.05) is 0 Å². The highest BCUT2D eigenvalue weighted by molar-refractivity contribution is 5.67. The molecule has 1 aromatic rings. The Morgan fingerprint density at radius 2 is 2.44 bits per heavy atom. The van der Waals surface area contributed by atoms with Gasteiger partial charge in [0.05, 0.1) is 13.5 Å². The zero-order valence-electron chi connectivity index (χ0n) is 10.3. The fourth-order valence-electron chi connectivity index (χ4n) is 2.23. The Balaban J connectivity index is 2.10. The van der Waals surface area contributed by atoms with Crippen molar-refractivity contribution in [3.63, 3.8) is 0 Å². The quantitative estimate of drug-likeness (QED) is 0.817. The number of carboxylic acids is 1. The molecule has 0 saturated carbocycles. The predicted molar refractivity (Wildman–Crippen MR) is 65.9 cm³/mol. The van der Waals surface area contributed by atoms with Gasteiger partial charge < -0.3 is 20.3 Å². The summed E-state index contributed by atoms with van der Waals surface area (Å²) in [5.41, 5.74) is 6.67. The number of fused-ring (bicyclic) bond motifs is 1. The van der Waals surface area contributed by atoms with Crippen LogP contribution in [0.25, 0.3) is 0 Å². The van der Waals surface area contributed by atoms with Crippen LogP contribution in [-0.4, -0.2) is 30.8 Å². The van der Waals surface area contributed by atoms with E-state index in [1.54, 1.807) is 7.11 Å². The molecule has 0 spiro atoms. The first-order chi connectivity index (χ1) is 8.63. The summed E-state index contributed by atoms with van der Waals surface area (Å²) in [6.45, 7) is 0.308. The molecule has 5 heteroatoms. The molecule has 2 atom stereocenters. The van der Waals surface area contributed by atoms with Gasteiger partial charge in [-0.05, 0) is 24.7 Å². The Hall–Kier alpha value is -1.75. The van der Waals surface area contributed by atoms with Crippen molar-refractivity contribution in [3.05, 3.63) is 23.8 Å². The van der Waals surface area contributed by atoms with E-state index in [-0.39, 0.29) is 18.4 Å². The molecule has 0 aromatic heterocycles. The summed E-state index contributed by atoms with van der Waals surface area (Å²) in [6.07, 6.45) is 0.557. The van der Waals surface area contributed by atoms with Crippen molar-refractivity contribution in [1.82, 2.24) is 0 Å². The molecule has 98 valence electrons. The topological polar surface area (TPSA) is 81.8 Å². The zero-order chi connectivity index (χ0) is 13.1. The predicted octanol–water partition coefficient (Wildman–Crippen LogP) is 1.05. The molecule has 0 radical (unpaired) electrons. The van der Waals surface area contributed by atoms with Gasteiger partial charge in [-0.3, -0.25) is 4.79 Å². The molecule has 1 aromatic carbocycles. The Labute approximate surface area is 106 Å². The van der Waals surface area contributed by atoms with Crippen LogP contribution in [0.15, 0.2) is 18.2 Å². The maximum Gasteiger partial charge on any atom is 0.303 e. The summed E-state index contributed by atoms with van der Waals surface area (Å²) in [6, 6.07) is 5.60. The van der Waals surface area contributed by atoms with Gasteiger partial charge in [0, 0.05) is 17.9 Å². The van der Waals surface area contributed by atoms with E-state index in [0.29, 0.717) is 13.0 Å². The van der Waals surface area contributed by atoms with Gasteiger partial charge in [-0.2, -0.15) is 0 Å². The first-order valence-electron chi connectivity index (χ1n) is 5.89. The molecule has 2 rings (SSSR count). The summed E-state index contributed by atoms with van der Waals surface area (Å²) in [7, 11) is 1.61. The van der Waals surface area contributed by atoms with Crippen LogP contribution in [0.1, 0.15) is 12.0 Å². The minimum absolute atomic E-state index is 0.0340. The normalized spacial score (nSPS) is 18.9. The zero-order valence-corrected chi connectivity index (χ0v) is 10.3. The van der Waals surface area contributed by atoms with Gasteiger partial charge >= 0.3 is 5.97 Å². The van der Waals surface area contributed by atoms with Gasteiger partial charge in [0.15, 0.2) is 0 Å². The second kappa shape index (κ2) is 5.27. The molecule has 3 N–H and O–H groups in total. The third-order valence-corrected chi connectivity index (χ3v) is 3.23.